The molecule has 0 saturated heterocycles. The number of methoxy groups -OCH3 is 1. The van der Waals surface area contributed by atoms with Gasteiger partial charge < -0.3 is 9.84 Å². The minimum Gasteiger partial charge on any atom is -0.469 e. The summed E-state index contributed by atoms with van der Waals surface area (Å²) in [6, 6.07) is 0. The highest BCUT2D eigenvalue weighted by atomic mass is 35.5. The maximum Gasteiger partial charge on any atom is 0.309 e. The molecular weight excluding hydrogens is 228 g/mol. The summed E-state index contributed by atoms with van der Waals surface area (Å²) >= 11 is 6.31. The smallest absolute Gasteiger partial charge is 0.309 e. The Kier molecular flexibility index (Phi) is 3.61. The Labute approximate surface area is 102 Å². The lowest BCUT2D eigenvalue weighted by molar-refractivity contribution is -0.149. The summed E-state index contributed by atoms with van der Waals surface area (Å²) in [7, 11) is 1.38. The number of esters is 1. The predicted molar refractivity (Wildman–Crippen MR) is 63.3 cm³/mol. The van der Waals surface area contributed by atoms with Crippen LogP contribution in [0, 0.1) is 17.8 Å². The Hall–Kier alpha value is -0.280. The molecule has 1 aliphatic carbocycles. The molecule has 0 aromatic heterocycles. The zero-order valence-corrected chi connectivity index (χ0v) is 11.3. The van der Waals surface area contributed by atoms with Crippen molar-refractivity contribution in [1.82, 2.24) is 0 Å². The fraction of sp³-hybridized carbons (Fsp3) is 0.917. The zero-order chi connectivity index (χ0) is 12.7. The molecule has 1 saturated carbocycles. The Morgan fingerprint density at radius 3 is 2.44 bits per heavy atom. The average Bonchev–Trinajstić information content (AvgIpc) is 2.37. The van der Waals surface area contributed by atoms with Gasteiger partial charge in [0.15, 0.2) is 0 Å². The molecule has 94 valence electrons. The van der Waals surface area contributed by atoms with E-state index in [0.717, 1.165) is 0 Å². The van der Waals surface area contributed by atoms with E-state index in [1.165, 1.54) is 7.11 Å². The van der Waals surface area contributed by atoms with Crippen LogP contribution in [0.2, 0.25) is 0 Å². The minimum atomic E-state index is -0.852. The third kappa shape index (κ3) is 2.35. The van der Waals surface area contributed by atoms with Gasteiger partial charge >= 0.3 is 5.97 Å². The average molecular weight is 249 g/mol. The third-order valence-corrected chi connectivity index (χ3v) is 4.22. The zero-order valence-electron chi connectivity index (χ0n) is 10.6. The Morgan fingerprint density at radius 1 is 1.56 bits per heavy atom. The van der Waals surface area contributed by atoms with Gasteiger partial charge in [0.1, 0.15) is 0 Å². The first-order chi connectivity index (χ1) is 7.11. The van der Waals surface area contributed by atoms with Gasteiger partial charge in [-0.1, -0.05) is 6.92 Å². The summed E-state index contributed by atoms with van der Waals surface area (Å²) in [4.78, 5) is 11.3. The molecule has 0 heterocycles. The van der Waals surface area contributed by atoms with Crippen molar-refractivity contribution in [3.63, 3.8) is 0 Å². The molecule has 1 N–H and O–H groups in total. The summed E-state index contributed by atoms with van der Waals surface area (Å²) < 4.78 is 4.81. The van der Waals surface area contributed by atoms with E-state index in [9.17, 15) is 9.90 Å². The number of hydrogen-bond donors (Lipinski definition) is 1. The fourth-order valence-corrected chi connectivity index (χ4v) is 2.88. The van der Waals surface area contributed by atoms with Crippen molar-refractivity contribution >= 4 is 17.6 Å². The van der Waals surface area contributed by atoms with Crippen molar-refractivity contribution in [3.8, 4) is 0 Å². The van der Waals surface area contributed by atoms with Crippen LogP contribution in [0.3, 0.4) is 0 Å². The van der Waals surface area contributed by atoms with Crippen molar-refractivity contribution in [2.45, 2.75) is 44.6 Å². The van der Waals surface area contributed by atoms with E-state index >= 15 is 0 Å². The molecule has 4 heteroatoms. The van der Waals surface area contributed by atoms with Gasteiger partial charge in [0.25, 0.3) is 0 Å². The van der Waals surface area contributed by atoms with Crippen LogP contribution in [-0.2, 0) is 9.53 Å². The molecule has 0 amide bonds. The second kappa shape index (κ2) is 4.19. The van der Waals surface area contributed by atoms with Crippen molar-refractivity contribution in [2.75, 3.05) is 7.11 Å². The number of aliphatic hydroxyl groups is 1. The highest BCUT2D eigenvalue weighted by Crippen LogP contribution is 2.50. The number of rotatable bonds is 2. The van der Waals surface area contributed by atoms with Crippen molar-refractivity contribution in [1.29, 1.82) is 0 Å². The van der Waals surface area contributed by atoms with Crippen LogP contribution in [0.25, 0.3) is 0 Å². The molecule has 0 radical (unpaired) electrons. The Balaban J connectivity index is 3.05. The van der Waals surface area contributed by atoms with E-state index in [2.05, 4.69) is 0 Å². The van der Waals surface area contributed by atoms with Gasteiger partial charge in [-0.15, -0.1) is 11.6 Å². The van der Waals surface area contributed by atoms with Gasteiger partial charge in [0, 0.05) is 4.87 Å². The van der Waals surface area contributed by atoms with E-state index in [-0.39, 0.29) is 23.7 Å². The van der Waals surface area contributed by atoms with Crippen LogP contribution in [0.15, 0.2) is 0 Å². The molecule has 1 rings (SSSR count). The Morgan fingerprint density at radius 2 is 2.06 bits per heavy atom. The summed E-state index contributed by atoms with van der Waals surface area (Å²) in [5.41, 5.74) is -0.852. The van der Waals surface area contributed by atoms with Gasteiger partial charge in [-0.3, -0.25) is 4.79 Å². The molecule has 0 bridgehead atoms. The maximum absolute atomic E-state index is 11.8. The molecule has 3 nitrogen and oxygen atoms in total. The molecule has 1 aliphatic rings. The second-order valence-electron chi connectivity index (χ2n) is 5.57. The normalized spacial score (nSPS) is 39.8. The lowest BCUT2D eigenvalue weighted by Crippen LogP contribution is -2.35. The molecule has 0 aromatic rings. The minimum absolute atomic E-state index is 0.0633. The van der Waals surface area contributed by atoms with Gasteiger partial charge in [-0.25, -0.2) is 0 Å². The van der Waals surface area contributed by atoms with E-state index in [1.807, 2.05) is 20.8 Å². The molecule has 0 unspecified atom stereocenters. The fourth-order valence-electron chi connectivity index (χ4n) is 2.67. The summed E-state index contributed by atoms with van der Waals surface area (Å²) in [6.45, 7) is 7.40. The van der Waals surface area contributed by atoms with E-state index in [0.29, 0.717) is 6.42 Å². The monoisotopic (exact) mass is 248 g/mol. The number of carbonyl (C=O) groups excluding carboxylic acids is 1. The van der Waals surface area contributed by atoms with Gasteiger partial charge in [0.05, 0.1) is 18.6 Å². The van der Waals surface area contributed by atoms with Crippen LogP contribution in [0.1, 0.15) is 34.1 Å². The van der Waals surface area contributed by atoms with E-state index in [4.69, 9.17) is 16.3 Å². The standard InChI is InChI=1S/C12H21ClO3/c1-7-9(10(14)16-5)8(11(2,3)13)6-12(7,4)15/h7-9,15H,6H2,1-5H3/t7-,8-,9-,12-/m1/s1. The number of halogens is 1. The molecule has 0 aliphatic heterocycles. The lowest BCUT2D eigenvalue weighted by Gasteiger charge is -2.29. The van der Waals surface area contributed by atoms with Crippen LogP contribution in [-0.4, -0.2) is 28.7 Å². The maximum atomic E-state index is 11.8. The number of ether oxygens (including phenoxy) is 1. The molecule has 0 spiro atoms. The largest absolute Gasteiger partial charge is 0.469 e. The van der Waals surface area contributed by atoms with Crippen molar-refractivity contribution in [2.24, 2.45) is 17.8 Å². The summed E-state index contributed by atoms with van der Waals surface area (Å²) in [6.07, 6.45) is 0.532. The SMILES string of the molecule is COC(=O)[C@H]1[C@H](C(C)(C)Cl)C[C@@](C)(O)[C@@H]1C. The molecule has 4 atom stereocenters. The summed E-state index contributed by atoms with van der Waals surface area (Å²) in [5, 5.41) is 10.2. The molecular formula is C12H21ClO3. The van der Waals surface area contributed by atoms with Crippen LogP contribution >= 0.6 is 11.6 Å². The Bertz CT molecular complexity index is 280. The highest BCUT2D eigenvalue weighted by Gasteiger charge is 2.55. The molecule has 0 aromatic carbocycles. The second-order valence-corrected chi connectivity index (χ2v) is 6.54. The third-order valence-electron chi connectivity index (χ3n) is 3.94. The molecule has 1 fully saturated rings. The quantitative estimate of drug-likeness (QED) is 0.602. The van der Waals surface area contributed by atoms with Crippen LogP contribution in [0.5, 0.6) is 0 Å². The van der Waals surface area contributed by atoms with Crippen molar-refractivity contribution in [3.05, 3.63) is 0 Å². The highest BCUT2D eigenvalue weighted by molar-refractivity contribution is 6.23. The molecule has 16 heavy (non-hydrogen) atoms. The number of hydrogen-bond acceptors (Lipinski definition) is 3. The van der Waals surface area contributed by atoms with Crippen LogP contribution in [0.4, 0.5) is 0 Å². The van der Waals surface area contributed by atoms with Gasteiger partial charge in [-0.05, 0) is 39.0 Å². The van der Waals surface area contributed by atoms with Gasteiger partial charge in [0.2, 0.25) is 0 Å². The van der Waals surface area contributed by atoms with Crippen molar-refractivity contribution < 1.29 is 14.6 Å². The predicted octanol–water partition coefficient (Wildman–Crippen LogP) is 2.20. The number of carbonyl (C=O) groups is 1. The first-order valence-electron chi connectivity index (χ1n) is 5.60. The summed E-state index contributed by atoms with van der Waals surface area (Å²) in [5.74, 6) is -0.800. The van der Waals surface area contributed by atoms with Crippen LogP contribution < -0.4 is 0 Å². The first kappa shape index (κ1) is 13.8. The van der Waals surface area contributed by atoms with E-state index < -0.39 is 10.5 Å². The first-order valence-corrected chi connectivity index (χ1v) is 5.98. The lowest BCUT2D eigenvalue weighted by atomic mass is 9.82. The van der Waals surface area contributed by atoms with E-state index in [1.54, 1.807) is 6.92 Å². The topological polar surface area (TPSA) is 46.5 Å². The van der Waals surface area contributed by atoms with Gasteiger partial charge in [-0.2, -0.15) is 0 Å². The number of alkyl halides is 1.